The van der Waals surface area contributed by atoms with Gasteiger partial charge in [-0.2, -0.15) is 0 Å². The van der Waals surface area contributed by atoms with E-state index in [0.29, 0.717) is 17.6 Å². The normalized spacial score (nSPS) is 42.1. The SMILES string of the molecule is Cc1nc(CC(=O)C23CC4CC(CC(C)(C4)C2)C3)cs1. The molecule has 4 fully saturated rings. The van der Waals surface area contributed by atoms with Crippen LogP contribution in [0.2, 0.25) is 0 Å². The van der Waals surface area contributed by atoms with Crippen molar-refractivity contribution in [2.45, 2.75) is 58.8 Å². The van der Waals surface area contributed by atoms with E-state index in [-0.39, 0.29) is 5.41 Å². The Balaban J connectivity index is 1.59. The maximum Gasteiger partial charge on any atom is 0.145 e. The molecule has 0 spiro atoms. The number of nitrogens with zero attached hydrogens (tertiary/aromatic N) is 1. The van der Waals surface area contributed by atoms with Crippen molar-refractivity contribution < 1.29 is 4.79 Å². The second-order valence-corrected chi connectivity index (χ2v) is 9.07. The van der Waals surface area contributed by atoms with Crippen LogP contribution in [-0.2, 0) is 11.2 Å². The Kier molecular flexibility index (Phi) is 2.70. The summed E-state index contributed by atoms with van der Waals surface area (Å²) in [4.78, 5) is 17.5. The van der Waals surface area contributed by atoms with E-state index in [0.717, 1.165) is 29.0 Å². The van der Waals surface area contributed by atoms with Crippen LogP contribution in [0.5, 0.6) is 0 Å². The van der Waals surface area contributed by atoms with Crippen LogP contribution in [0, 0.1) is 29.6 Å². The third-order valence-corrected chi connectivity index (χ3v) is 6.78. The molecule has 0 saturated heterocycles. The summed E-state index contributed by atoms with van der Waals surface area (Å²) in [5, 5.41) is 3.14. The molecule has 0 N–H and O–H groups in total. The first kappa shape index (κ1) is 13.0. The van der Waals surface area contributed by atoms with E-state index in [2.05, 4.69) is 17.3 Å². The molecule has 4 aliphatic rings. The Morgan fingerprint density at radius 1 is 1.35 bits per heavy atom. The average molecular weight is 289 g/mol. The third-order valence-electron chi connectivity index (χ3n) is 5.95. The molecule has 0 amide bonds. The molecule has 3 heteroatoms. The molecule has 0 aromatic carbocycles. The molecule has 0 radical (unpaired) electrons. The first-order valence-corrected chi connectivity index (χ1v) is 8.79. The van der Waals surface area contributed by atoms with Gasteiger partial charge >= 0.3 is 0 Å². The van der Waals surface area contributed by atoms with Gasteiger partial charge in [-0.25, -0.2) is 4.98 Å². The van der Waals surface area contributed by atoms with Crippen molar-refractivity contribution in [2.75, 3.05) is 0 Å². The average Bonchev–Trinajstić information content (AvgIpc) is 2.71. The number of carbonyl (C=O) groups excluding carboxylic acids is 1. The minimum Gasteiger partial charge on any atom is -0.299 e. The smallest absolute Gasteiger partial charge is 0.145 e. The van der Waals surface area contributed by atoms with Gasteiger partial charge in [0.25, 0.3) is 0 Å². The van der Waals surface area contributed by atoms with Gasteiger partial charge in [0.2, 0.25) is 0 Å². The molecule has 1 aromatic rings. The summed E-state index contributed by atoms with van der Waals surface area (Å²) in [6.07, 6.45) is 8.18. The second-order valence-electron chi connectivity index (χ2n) is 8.01. The predicted octanol–water partition coefficient (Wildman–Crippen LogP) is 4.17. The molecule has 20 heavy (non-hydrogen) atoms. The maximum absolute atomic E-state index is 13.0. The van der Waals surface area contributed by atoms with Crippen molar-refractivity contribution in [3.63, 3.8) is 0 Å². The number of hydrogen-bond donors (Lipinski definition) is 0. The zero-order valence-corrected chi connectivity index (χ0v) is 13.3. The number of ketones is 1. The number of hydrogen-bond acceptors (Lipinski definition) is 3. The highest BCUT2D eigenvalue weighted by Gasteiger charge is 2.58. The fourth-order valence-electron chi connectivity index (χ4n) is 5.89. The highest BCUT2D eigenvalue weighted by Crippen LogP contribution is 2.65. The van der Waals surface area contributed by atoms with Crippen molar-refractivity contribution in [1.29, 1.82) is 0 Å². The van der Waals surface area contributed by atoms with Gasteiger partial charge in [-0.1, -0.05) is 6.92 Å². The maximum atomic E-state index is 13.0. The van der Waals surface area contributed by atoms with E-state index in [1.54, 1.807) is 11.3 Å². The Morgan fingerprint density at radius 3 is 2.60 bits per heavy atom. The van der Waals surface area contributed by atoms with Crippen LogP contribution in [0.3, 0.4) is 0 Å². The van der Waals surface area contributed by atoms with E-state index < -0.39 is 0 Å². The monoisotopic (exact) mass is 289 g/mol. The summed E-state index contributed by atoms with van der Waals surface area (Å²) in [5.74, 6) is 2.13. The second kappa shape index (κ2) is 4.16. The van der Waals surface area contributed by atoms with Crippen LogP contribution in [0.4, 0.5) is 0 Å². The molecule has 4 saturated carbocycles. The molecule has 1 aromatic heterocycles. The van der Waals surface area contributed by atoms with E-state index >= 15 is 0 Å². The van der Waals surface area contributed by atoms with Crippen LogP contribution in [0.1, 0.15) is 56.2 Å². The summed E-state index contributed by atoms with van der Waals surface area (Å²) in [5.41, 5.74) is 1.46. The summed E-state index contributed by atoms with van der Waals surface area (Å²) in [6, 6.07) is 0. The highest BCUT2D eigenvalue weighted by atomic mass is 32.1. The topological polar surface area (TPSA) is 30.0 Å². The lowest BCUT2D eigenvalue weighted by Crippen LogP contribution is -2.54. The van der Waals surface area contributed by atoms with Crippen molar-refractivity contribution in [1.82, 2.24) is 4.98 Å². The predicted molar refractivity (Wildman–Crippen MR) is 80.8 cm³/mol. The van der Waals surface area contributed by atoms with Crippen molar-refractivity contribution >= 4 is 17.1 Å². The van der Waals surface area contributed by atoms with Gasteiger partial charge in [-0.05, 0) is 62.7 Å². The summed E-state index contributed by atoms with van der Waals surface area (Å²) < 4.78 is 0. The lowest BCUT2D eigenvalue weighted by Gasteiger charge is -2.60. The van der Waals surface area contributed by atoms with Crippen LogP contribution in [0.15, 0.2) is 5.38 Å². The van der Waals surface area contributed by atoms with Gasteiger partial charge in [0.1, 0.15) is 5.78 Å². The van der Waals surface area contributed by atoms with Gasteiger partial charge in [0.15, 0.2) is 0 Å². The number of rotatable bonds is 3. The van der Waals surface area contributed by atoms with Gasteiger partial charge in [-0.15, -0.1) is 11.3 Å². The number of carbonyl (C=O) groups is 1. The number of aromatic nitrogens is 1. The zero-order chi connectivity index (χ0) is 14.0. The zero-order valence-electron chi connectivity index (χ0n) is 12.4. The molecular weight excluding hydrogens is 266 g/mol. The molecule has 1 heterocycles. The fourth-order valence-corrected chi connectivity index (χ4v) is 6.50. The molecular formula is C17H23NOS. The van der Waals surface area contributed by atoms with Gasteiger partial charge in [0, 0.05) is 10.8 Å². The van der Waals surface area contributed by atoms with Crippen LogP contribution in [0.25, 0.3) is 0 Å². The van der Waals surface area contributed by atoms with Crippen molar-refractivity contribution in [2.24, 2.45) is 22.7 Å². The minimum atomic E-state index is 0.0103. The van der Waals surface area contributed by atoms with Crippen LogP contribution < -0.4 is 0 Å². The summed E-state index contributed by atoms with van der Waals surface area (Å²) in [6.45, 7) is 4.45. The lowest BCUT2D eigenvalue weighted by atomic mass is 9.43. The van der Waals surface area contributed by atoms with Gasteiger partial charge in [0.05, 0.1) is 17.1 Å². The molecule has 4 bridgehead atoms. The first-order chi connectivity index (χ1) is 9.46. The van der Waals surface area contributed by atoms with Gasteiger partial charge in [-0.3, -0.25) is 4.79 Å². The molecule has 108 valence electrons. The van der Waals surface area contributed by atoms with E-state index in [9.17, 15) is 4.79 Å². The summed E-state index contributed by atoms with van der Waals surface area (Å²) >= 11 is 1.66. The van der Waals surface area contributed by atoms with Crippen molar-refractivity contribution in [3.05, 3.63) is 16.1 Å². The molecule has 2 unspecified atom stereocenters. The summed E-state index contributed by atoms with van der Waals surface area (Å²) in [7, 11) is 0. The number of Topliss-reactive ketones (excluding diaryl/α,β-unsaturated/α-hetero) is 1. The number of aryl methyl sites for hydroxylation is 1. The molecule has 5 rings (SSSR count). The van der Waals surface area contributed by atoms with E-state index in [4.69, 9.17) is 0 Å². The Bertz CT molecular complexity index is 547. The van der Waals surface area contributed by atoms with E-state index in [1.165, 1.54) is 32.1 Å². The minimum absolute atomic E-state index is 0.0103. The standard InChI is InChI=1S/C17H23NOS/c1-11-18-14(9-20-11)4-15(19)17-7-12-3-13(8-17)6-16(2,5-12)10-17/h9,12-13H,3-8,10H2,1-2H3. The highest BCUT2D eigenvalue weighted by molar-refractivity contribution is 7.09. The first-order valence-electron chi connectivity index (χ1n) is 7.91. The van der Waals surface area contributed by atoms with Crippen molar-refractivity contribution in [3.8, 4) is 0 Å². The van der Waals surface area contributed by atoms with Crippen LogP contribution in [-0.4, -0.2) is 10.8 Å². The van der Waals surface area contributed by atoms with Gasteiger partial charge < -0.3 is 0 Å². The quantitative estimate of drug-likeness (QED) is 0.836. The number of thiazole rings is 1. The Labute approximate surface area is 125 Å². The third kappa shape index (κ3) is 1.97. The Hall–Kier alpha value is -0.700. The fraction of sp³-hybridized carbons (Fsp3) is 0.765. The Morgan fingerprint density at radius 2 is 2.05 bits per heavy atom. The molecule has 2 atom stereocenters. The molecule has 4 aliphatic carbocycles. The van der Waals surface area contributed by atoms with Crippen LogP contribution >= 0.6 is 11.3 Å². The molecule has 0 aliphatic heterocycles. The molecule has 2 nitrogen and oxygen atoms in total. The van der Waals surface area contributed by atoms with E-state index in [1.807, 2.05) is 6.92 Å². The largest absolute Gasteiger partial charge is 0.299 e. The lowest BCUT2D eigenvalue weighted by molar-refractivity contribution is -0.152.